The van der Waals surface area contributed by atoms with E-state index in [0.717, 1.165) is 55.0 Å². The number of ether oxygens (including phenoxy) is 2. The van der Waals surface area contributed by atoms with Crippen LogP contribution in [0.25, 0.3) is 0 Å². The zero-order chi connectivity index (χ0) is 23.9. The van der Waals surface area contributed by atoms with Crippen LogP contribution in [0.4, 0.5) is 0 Å². The van der Waals surface area contributed by atoms with E-state index in [4.69, 9.17) is 9.47 Å². The summed E-state index contributed by atoms with van der Waals surface area (Å²) in [5, 5.41) is 0. The van der Waals surface area contributed by atoms with Crippen molar-refractivity contribution in [1.29, 1.82) is 0 Å². The van der Waals surface area contributed by atoms with Crippen LogP contribution in [0.1, 0.15) is 125 Å². The van der Waals surface area contributed by atoms with E-state index >= 15 is 0 Å². The zero-order valence-corrected chi connectivity index (χ0v) is 23.1. The Labute approximate surface area is 211 Å². The summed E-state index contributed by atoms with van der Waals surface area (Å²) in [7, 11) is 0. The highest BCUT2D eigenvalue weighted by molar-refractivity contribution is 5.25. The molecule has 1 saturated heterocycles. The van der Waals surface area contributed by atoms with E-state index in [-0.39, 0.29) is 6.29 Å². The topological polar surface area (TPSA) is 18.5 Å². The first-order valence-corrected chi connectivity index (χ1v) is 15.3. The van der Waals surface area contributed by atoms with Crippen molar-refractivity contribution in [3.8, 4) is 0 Å². The molecule has 0 spiro atoms. The van der Waals surface area contributed by atoms with Crippen LogP contribution in [0.3, 0.4) is 0 Å². The van der Waals surface area contributed by atoms with Crippen molar-refractivity contribution in [2.45, 2.75) is 137 Å². The largest absolute Gasteiger partial charge is 0.353 e. The molecule has 5 aliphatic rings. The van der Waals surface area contributed by atoms with Crippen molar-refractivity contribution in [3.63, 3.8) is 0 Å². The molecule has 1 heterocycles. The predicted molar refractivity (Wildman–Crippen MR) is 142 cm³/mol. The maximum atomic E-state index is 6.47. The van der Waals surface area contributed by atoms with Gasteiger partial charge in [-0.1, -0.05) is 65.5 Å². The maximum Gasteiger partial charge on any atom is 0.157 e. The minimum absolute atomic E-state index is 0.0633. The van der Waals surface area contributed by atoms with Crippen molar-refractivity contribution in [2.24, 2.45) is 46.3 Å². The summed E-state index contributed by atoms with van der Waals surface area (Å²) < 4.78 is 12.4. The molecular formula is C32H54O2. The molecule has 9 atom stereocenters. The second-order valence-corrected chi connectivity index (χ2v) is 14.1. The van der Waals surface area contributed by atoms with Crippen LogP contribution in [0.5, 0.6) is 0 Å². The molecule has 0 radical (unpaired) electrons. The van der Waals surface area contributed by atoms with Crippen LogP contribution in [-0.2, 0) is 9.47 Å². The Morgan fingerprint density at radius 3 is 2.59 bits per heavy atom. The SMILES string of the molecule is CC(C)CCC[C@@H](C)[C@H]1CC[C@H]2[C@@H]3CC=C4C[C@H](O[C@@H]5CCCCO5)CC[C@]4(C)[C@H]3CC[C@]12C. The van der Waals surface area contributed by atoms with Gasteiger partial charge in [0.05, 0.1) is 6.10 Å². The van der Waals surface area contributed by atoms with E-state index in [1.165, 1.54) is 77.0 Å². The van der Waals surface area contributed by atoms with E-state index in [2.05, 4.69) is 40.7 Å². The summed E-state index contributed by atoms with van der Waals surface area (Å²) in [6.45, 7) is 13.6. The average molecular weight is 471 g/mol. The van der Waals surface area contributed by atoms with E-state index in [0.29, 0.717) is 16.9 Å². The Hall–Kier alpha value is -0.340. The minimum Gasteiger partial charge on any atom is -0.353 e. The third-order valence-electron chi connectivity index (χ3n) is 11.7. The maximum absolute atomic E-state index is 6.47. The molecule has 3 saturated carbocycles. The molecule has 0 aromatic rings. The first-order valence-electron chi connectivity index (χ1n) is 15.3. The lowest BCUT2D eigenvalue weighted by molar-refractivity contribution is -0.195. The molecule has 0 aromatic heterocycles. The molecule has 194 valence electrons. The van der Waals surface area contributed by atoms with Gasteiger partial charge in [-0.15, -0.1) is 0 Å². The summed E-state index contributed by atoms with van der Waals surface area (Å²) in [4.78, 5) is 0. The van der Waals surface area contributed by atoms with Gasteiger partial charge in [-0.25, -0.2) is 0 Å². The summed E-state index contributed by atoms with van der Waals surface area (Å²) >= 11 is 0. The highest BCUT2D eigenvalue weighted by atomic mass is 16.7. The molecule has 2 nitrogen and oxygen atoms in total. The molecule has 0 bridgehead atoms. The molecule has 0 unspecified atom stereocenters. The lowest BCUT2D eigenvalue weighted by Gasteiger charge is -2.58. The van der Waals surface area contributed by atoms with Crippen molar-refractivity contribution < 1.29 is 9.47 Å². The average Bonchev–Trinajstić information content (AvgIpc) is 3.17. The molecule has 0 amide bonds. The van der Waals surface area contributed by atoms with Gasteiger partial charge in [-0.05, 0) is 117 Å². The van der Waals surface area contributed by atoms with E-state index in [9.17, 15) is 0 Å². The molecule has 2 heteroatoms. The van der Waals surface area contributed by atoms with Crippen molar-refractivity contribution in [2.75, 3.05) is 6.61 Å². The lowest BCUT2D eigenvalue weighted by Crippen LogP contribution is -2.51. The molecule has 34 heavy (non-hydrogen) atoms. The number of hydrogen-bond acceptors (Lipinski definition) is 2. The zero-order valence-electron chi connectivity index (χ0n) is 23.1. The van der Waals surface area contributed by atoms with Gasteiger partial charge in [-0.3, -0.25) is 0 Å². The highest BCUT2D eigenvalue weighted by Gasteiger charge is 2.59. The number of hydrogen-bond donors (Lipinski definition) is 0. The lowest BCUT2D eigenvalue weighted by atomic mass is 9.47. The fraction of sp³-hybridized carbons (Fsp3) is 0.938. The van der Waals surface area contributed by atoms with Crippen LogP contribution >= 0.6 is 0 Å². The van der Waals surface area contributed by atoms with Crippen molar-refractivity contribution >= 4 is 0 Å². The van der Waals surface area contributed by atoms with Crippen LogP contribution < -0.4 is 0 Å². The molecule has 0 N–H and O–H groups in total. The molecule has 0 aromatic carbocycles. The Morgan fingerprint density at radius 2 is 1.82 bits per heavy atom. The summed E-state index contributed by atoms with van der Waals surface area (Å²) in [5.41, 5.74) is 2.78. The third kappa shape index (κ3) is 4.69. The number of allylic oxidation sites excluding steroid dienone is 1. The number of rotatable bonds is 7. The van der Waals surface area contributed by atoms with Crippen molar-refractivity contribution in [1.82, 2.24) is 0 Å². The fourth-order valence-electron chi connectivity index (χ4n) is 9.80. The molecule has 5 rings (SSSR count). The van der Waals surface area contributed by atoms with Crippen LogP contribution in [0, 0.1) is 46.3 Å². The van der Waals surface area contributed by atoms with Crippen LogP contribution in [-0.4, -0.2) is 19.0 Å². The first kappa shape index (κ1) is 25.3. The van der Waals surface area contributed by atoms with Gasteiger partial charge in [0.25, 0.3) is 0 Å². The van der Waals surface area contributed by atoms with Gasteiger partial charge in [0.1, 0.15) is 0 Å². The van der Waals surface area contributed by atoms with Gasteiger partial charge in [0, 0.05) is 6.61 Å². The van der Waals surface area contributed by atoms with Gasteiger partial charge >= 0.3 is 0 Å². The standard InChI is InChI=1S/C32H54O2/c1-22(2)9-8-10-23(3)27-14-15-28-26-13-12-24-21-25(34-30-11-6-7-20-33-30)16-18-31(24,4)29(26)17-19-32(27,28)5/h12,22-23,25-30H,6-11,13-21H2,1-5H3/t23-,25-,26+,27-,28+,29+,30-,31+,32-/m1/s1. The predicted octanol–water partition coefficient (Wildman–Crippen LogP) is 8.94. The normalized spacial score (nSPS) is 45.3. The van der Waals surface area contributed by atoms with Gasteiger partial charge in [0.2, 0.25) is 0 Å². The second kappa shape index (κ2) is 10.2. The Morgan fingerprint density at radius 1 is 0.971 bits per heavy atom. The Balaban J connectivity index is 1.24. The van der Waals surface area contributed by atoms with Crippen LogP contribution in [0.2, 0.25) is 0 Å². The van der Waals surface area contributed by atoms with E-state index in [1.54, 1.807) is 5.57 Å². The Bertz CT molecular complexity index is 721. The number of fused-ring (bicyclic) bond motifs is 5. The smallest absolute Gasteiger partial charge is 0.157 e. The molecule has 4 aliphatic carbocycles. The first-order chi connectivity index (χ1) is 16.3. The monoisotopic (exact) mass is 470 g/mol. The summed E-state index contributed by atoms with van der Waals surface area (Å²) in [6.07, 6.45) is 22.0. The summed E-state index contributed by atoms with van der Waals surface area (Å²) in [5.74, 6) is 5.53. The van der Waals surface area contributed by atoms with Gasteiger partial charge in [0.15, 0.2) is 6.29 Å². The van der Waals surface area contributed by atoms with E-state index in [1.807, 2.05) is 0 Å². The highest BCUT2D eigenvalue weighted by Crippen LogP contribution is 2.67. The molecule has 1 aliphatic heterocycles. The second-order valence-electron chi connectivity index (χ2n) is 14.1. The van der Waals surface area contributed by atoms with Crippen LogP contribution in [0.15, 0.2) is 11.6 Å². The fourth-order valence-corrected chi connectivity index (χ4v) is 9.80. The summed E-state index contributed by atoms with van der Waals surface area (Å²) in [6, 6.07) is 0. The quantitative estimate of drug-likeness (QED) is 0.346. The molecule has 4 fully saturated rings. The third-order valence-corrected chi connectivity index (χ3v) is 11.7. The van der Waals surface area contributed by atoms with E-state index < -0.39 is 0 Å². The van der Waals surface area contributed by atoms with Gasteiger partial charge < -0.3 is 9.47 Å². The van der Waals surface area contributed by atoms with Crippen molar-refractivity contribution in [3.05, 3.63) is 11.6 Å². The molecular weight excluding hydrogens is 416 g/mol. The minimum atomic E-state index is 0.0633. The Kier molecular flexibility index (Phi) is 7.59. The van der Waals surface area contributed by atoms with Gasteiger partial charge in [-0.2, -0.15) is 0 Å².